The highest BCUT2D eigenvalue weighted by atomic mass is 35.5. The molecular formula is C18H23ClN2O. The van der Waals surface area contributed by atoms with E-state index in [4.69, 9.17) is 11.6 Å². The number of carbonyl (C=O) groups is 1. The Hall–Kier alpha value is -1.06. The average molecular weight is 319 g/mol. The van der Waals surface area contributed by atoms with Crippen LogP contribution in [0.4, 0.5) is 0 Å². The number of piperidine rings is 1. The van der Waals surface area contributed by atoms with E-state index < -0.39 is 0 Å². The number of nitrogens with one attached hydrogen (secondary N) is 1. The Balaban J connectivity index is 1.51. The largest absolute Gasteiger partial charge is 0.335 e. The number of amides is 1. The van der Waals surface area contributed by atoms with Crippen LogP contribution in [0.25, 0.3) is 0 Å². The standard InChI is InChI=1S/C18H23ClN2O/c19-14-4-1-3-13(11-14)16-5-2-10-21(16)17(22)15-12-18(15)6-8-20-9-7-18/h1,3-4,11,15-16,20H,2,5-10,12H2. The van der Waals surface area contributed by atoms with Gasteiger partial charge in [0.15, 0.2) is 0 Å². The Morgan fingerprint density at radius 3 is 2.91 bits per heavy atom. The molecule has 3 nitrogen and oxygen atoms in total. The van der Waals surface area contributed by atoms with Gasteiger partial charge in [-0.15, -0.1) is 0 Å². The first-order valence-electron chi connectivity index (χ1n) is 8.46. The summed E-state index contributed by atoms with van der Waals surface area (Å²) in [4.78, 5) is 15.2. The minimum atomic E-state index is 0.227. The molecule has 2 saturated heterocycles. The predicted octanol–water partition coefficient (Wildman–Crippen LogP) is 3.39. The van der Waals surface area contributed by atoms with Crippen LogP contribution in [0.5, 0.6) is 0 Å². The van der Waals surface area contributed by atoms with Crippen molar-refractivity contribution in [1.29, 1.82) is 0 Å². The van der Waals surface area contributed by atoms with Crippen LogP contribution in [0.15, 0.2) is 24.3 Å². The summed E-state index contributed by atoms with van der Waals surface area (Å²) in [6.45, 7) is 3.05. The van der Waals surface area contributed by atoms with Crippen molar-refractivity contribution >= 4 is 17.5 Å². The van der Waals surface area contributed by atoms with E-state index in [0.29, 0.717) is 11.3 Å². The minimum Gasteiger partial charge on any atom is -0.335 e. The molecule has 1 N–H and O–H groups in total. The molecule has 1 aliphatic carbocycles. The lowest BCUT2D eigenvalue weighted by Gasteiger charge is -2.28. The predicted molar refractivity (Wildman–Crippen MR) is 87.8 cm³/mol. The zero-order chi connectivity index (χ0) is 15.2. The first-order chi connectivity index (χ1) is 10.7. The molecule has 1 amide bonds. The van der Waals surface area contributed by atoms with Crippen LogP contribution < -0.4 is 5.32 Å². The zero-order valence-corrected chi connectivity index (χ0v) is 13.6. The van der Waals surface area contributed by atoms with Gasteiger partial charge in [0.25, 0.3) is 0 Å². The fourth-order valence-corrected chi connectivity index (χ4v) is 4.66. The van der Waals surface area contributed by atoms with Gasteiger partial charge in [-0.25, -0.2) is 0 Å². The number of rotatable bonds is 2. The molecule has 1 aromatic rings. The summed E-state index contributed by atoms with van der Waals surface area (Å²) in [5, 5.41) is 4.17. The second-order valence-electron chi connectivity index (χ2n) is 7.11. The maximum atomic E-state index is 13.0. The van der Waals surface area contributed by atoms with E-state index in [1.54, 1.807) is 0 Å². The number of benzene rings is 1. The Labute approximate surface area is 137 Å². The number of halogens is 1. The highest BCUT2D eigenvalue weighted by Gasteiger charge is 2.59. The van der Waals surface area contributed by atoms with E-state index in [0.717, 1.165) is 43.9 Å². The lowest BCUT2D eigenvalue weighted by molar-refractivity contribution is -0.134. The third kappa shape index (κ3) is 2.44. The van der Waals surface area contributed by atoms with Gasteiger partial charge in [0.05, 0.1) is 6.04 Å². The molecule has 0 bridgehead atoms. The van der Waals surface area contributed by atoms with Crippen molar-refractivity contribution in [3.63, 3.8) is 0 Å². The molecule has 2 heterocycles. The van der Waals surface area contributed by atoms with Gasteiger partial charge in [-0.05, 0) is 68.3 Å². The lowest BCUT2D eigenvalue weighted by Crippen LogP contribution is -2.36. The van der Waals surface area contributed by atoms with Gasteiger partial charge in [0.1, 0.15) is 0 Å². The molecule has 1 spiro atoms. The summed E-state index contributed by atoms with van der Waals surface area (Å²) in [6.07, 6.45) is 5.60. The highest BCUT2D eigenvalue weighted by molar-refractivity contribution is 6.30. The van der Waals surface area contributed by atoms with E-state index in [-0.39, 0.29) is 12.0 Å². The Kier molecular flexibility index (Phi) is 3.66. The van der Waals surface area contributed by atoms with Crippen molar-refractivity contribution in [1.82, 2.24) is 10.2 Å². The number of hydrogen-bond donors (Lipinski definition) is 1. The monoisotopic (exact) mass is 318 g/mol. The van der Waals surface area contributed by atoms with Gasteiger partial charge in [-0.1, -0.05) is 23.7 Å². The minimum absolute atomic E-state index is 0.227. The van der Waals surface area contributed by atoms with Gasteiger partial charge in [-0.3, -0.25) is 4.79 Å². The van der Waals surface area contributed by atoms with Crippen LogP contribution >= 0.6 is 11.6 Å². The summed E-state index contributed by atoms with van der Waals surface area (Å²) < 4.78 is 0. The molecule has 4 heteroatoms. The van der Waals surface area contributed by atoms with Crippen LogP contribution in [0.1, 0.15) is 43.7 Å². The molecule has 2 aliphatic heterocycles. The van der Waals surface area contributed by atoms with Crippen molar-refractivity contribution in [2.75, 3.05) is 19.6 Å². The van der Waals surface area contributed by atoms with Crippen LogP contribution in [0.3, 0.4) is 0 Å². The first-order valence-corrected chi connectivity index (χ1v) is 8.84. The topological polar surface area (TPSA) is 32.3 Å². The molecule has 118 valence electrons. The van der Waals surface area contributed by atoms with Crippen LogP contribution in [-0.4, -0.2) is 30.4 Å². The maximum absolute atomic E-state index is 13.0. The quantitative estimate of drug-likeness (QED) is 0.906. The Morgan fingerprint density at radius 1 is 1.32 bits per heavy atom. The molecule has 2 unspecified atom stereocenters. The third-order valence-corrected chi connectivity index (χ3v) is 6.09. The number of likely N-dealkylation sites (tertiary alicyclic amines) is 1. The second kappa shape index (κ2) is 5.54. The smallest absolute Gasteiger partial charge is 0.226 e. The number of carbonyl (C=O) groups excluding carboxylic acids is 1. The van der Waals surface area contributed by atoms with Crippen LogP contribution in [0, 0.1) is 11.3 Å². The fourth-order valence-electron chi connectivity index (χ4n) is 4.47. The molecule has 0 radical (unpaired) electrons. The second-order valence-corrected chi connectivity index (χ2v) is 7.55. The Bertz CT molecular complexity index is 582. The van der Waals surface area contributed by atoms with Crippen molar-refractivity contribution in [2.24, 2.45) is 11.3 Å². The summed E-state index contributed by atoms with van der Waals surface area (Å²) in [5.74, 6) is 0.666. The van der Waals surface area contributed by atoms with E-state index in [9.17, 15) is 4.79 Å². The molecule has 22 heavy (non-hydrogen) atoms. The lowest BCUT2D eigenvalue weighted by atomic mass is 9.91. The summed E-state index contributed by atoms with van der Waals surface area (Å²) in [6, 6.07) is 8.24. The van der Waals surface area contributed by atoms with E-state index in [2.05, 4.69) is 16.3 Å². The van der Waals surface area contributed by atoms with Crippen LogP contribution in [0.2, 0.25) is 5.02 Å². The van der Waals surface area contributed by atoms with Crippen molar-refractivity contribution < 1.29 is 4.79 Å². The van der Waals surface area contributed by atoms with Crippen LogP contribution in [-0.2, 0) is 4.79 Å². The Morgan fingerprint density at radius 2 is 2.14 bits per heavy atom. The first kappa shape index (κ1) is 14.5. The molecule has 3 fully saturated rings. The molecule has 2 atom stereocenters. The average Bonchev–Trinajstić information content (AvgIpc) is 2.99. The van der Waals surface area contributed by atoms with Gasteiger partial charge in [-0.2, -0.15) is 0 Å². The molecule has 0 aromatic heterocycles. The summed E-state index contributed by atoms with van der Waals surface area (Å²) >= 11 is 6.13. The van der Waals surface area contributed by atoms with Gasteiger partial charge in [0.2, 0.25) is 5.91 Å². The van der Waals surface area contributed by atoms with E-state index >= 15 is 0 Å². The molecule has 1 aromatic carbocycles. The summed E-state index contributed by atoms with van der Waals surface area (Å²) in [5.41, 5.74) is 1.52. The van der Waals surface area contributed by atoms with Crippen molar-refractivity contribution in [3.05, 3.63) is 34.9 Å². The van der Waals surface area contributed by atoms with Gasteiger partial charge in [0, 0.05) is 17.5 Å². The highest BCUT2D eigenvalue weighted by Crippen LogP contribution is 2.59. The van der Waals surface area contributed by atoms with Crippen molar-refractivity contribution in [3.8, 4) is 0 Å². The summed E-state index contributed by atoms with van der Waals surface area (Å²) in [7, 11) is 0. The maximum Gasteiger partial charge on any atom is 0.226 e. The third-order valence-electron chi connectivity index (χ3n) is 5.86. The van der Waals surface area contributed by atoms with E-state index in [1.807, 2.05) is 18.2 Å². The number of hydrogen-bond acceptors (Lipinski definition) is 2. The zero-order valence-electron chi connectivity index (χ0n) is 12.9. The van der Waals surface area contributed by atoms with Crippen molar-refractivity contribution in [2.45, 2.75) is 38.1 Å². The molecular weight excluding hydrogens is 296 g/mol. The molecule has 1 saturated carbocycles. The SMILES string of the molecule is O=C(C1CC12CCNCC2)N1CCCC1c1cccc(Cl)c1. The van der Waals surface area contributed by atoms with E-state index in [1.165, 1.54) is 18.4 Å². The number of nitrogens with zero attached hydrogens (tertiary/aromatic N) is 1. The van der Waals surface area contributed by atoms with Gasteiger partial charge < -0.3 is 10.2 Å². The molecule has 4 rings (SSSR count). The normalized spacial score (nSPS) is 29.8. The van der Waals surface area contributed by atoms with Gasteiger partial charge >= 0.3 is 0 Å². The molecule has 3 aliphatic rings. The fraction of sp³-hybridized carbons (Fsp3) is 0.611.